The zero-order valence-corrected chi connectivity index (χ0v) is 10.9. The summed E-state index contributed by atoms with van der Waals surface area (Å²) >= 11 is 0. The third-order valence-corrected chi connectivity index (χ3v) is 5.13. The van der Waals surface area contributed by atoms with E-state index in [4.69, 9.17) is 0 Å². The molecule has 18 heavy (non-hydrogen) atoms. The molecule has 0 aromatic heterocycles. The van der Waals surface area contributed by atoms with Crippen LogP contribution in [0.1, 0.15) is 57.8 Å². The van der Waals surface area contributed by atoms with Gasteiger partial charge in [0.2, 0.25) is 0 Å². The first-order valence-electron chi connectivity index (χ1n) is 7.24. The van der Waals surface area contributed by atoms with Crippen LogP contribution in [0, 0.1) is 5.41 Å². The molecule has 1 atom stereocenters. The lowest BCUT2D eigenvalue weighted by Gasteiger charge is -2.49. The highest BCUT2D eigenvalue weighted by atomic mass is 16.2. The lowest BCUT2D eigenvalue weighted by Crippen LogP contribution is -2.66. The summed E-state index contributed by atoms with van der Waals surface area (Å²) in [7, 11) is 0. The summed E-state index contributed by atoms with van der Waals surface area (Å²) in [5.41, 5.74) is 5.70. The molecule has 1 unspecified atom stereocenters. The van der Waals surface area contributed by atoms with Crippen molar-refractivity contribution in [3.63, 3.8) is 0 Å². The zero-order chi connectivity index (χ0) is 12.6. The molecule has 0 amide bonds. The van der Waals surface area contributed by atoms with E-state index in [1.54, 1.807) is 0 Å². The van der Waals surface area contributed by atoms with Crippen molar-refractivity contribution in [3.8, 4) is 0 Å². The number of carbonyl (C=O) groups excluding carboxylic acids is 2. The second-order valence-corrected chi connectivity index (χ2v) is 6.28. The van der Waals surface area contributed by atoms with Gasteiger partial charge in [-0.1, -0.05) is 19.3 Å². The summed E-state index contributed by atoms with van der Waals surface area (Å²) < 4.78 is 0. The number of nitrogens with one attached hydrogen (secondary N) is 2. The third kappa shape index (κ3) is 1.82. The molecule has 2 saturated carbocycles. The largest absolute Gasteiger partial charge is 0.299 e. The van der Waals surface area contributed by atoms with Gasteiger partial charge in [-0.2, -0.15) is 0 Å². The fraction of sp³-hybridized carbons (Fsp3) is 0.857. The predicted octanol–water partition coefficient (Wildman–Crippen LogP) is 1.50. The van der Waals surface area contributed by atoms with Gasteiger partial charge in [0.05, 0.1) is 12.0 Å². The Morgan fingerprint density at radius 1 is 0.889 bits per heavy atom. The molecule has 4 nitrogen and oxygen atoms in total. The first-order chi connectivity index (χ1) is 8.67. The molecule has 0 bridgehead atoms. The Morgan fingerprint density at radius 3 is 2.33 bits per heavy atom. The molecule has 0 aromatic rings. The lowest BCUT2D eigenvalue weighted by molar-refractivity contribution is -0.147. The monoisotopic (exact) mass is 250 g/mol. The van der Waals surface area contributed by atoms with Crippen molar-refractivity contribution in [2.45, 2.75) is 63.3 Å². The summed E-state index contributed by atoms with van der Waals surface area (Å²) in [6.07, 6.45) is 8.27. The Morgan fingerprint density at radius 2 is 1.67 bits per heavy atom. The molecule has 100 valence electrons. The summed E-state index contributed by atoms with van der Waals surface area (Å²) in [4.78, 5) is 24.6. The molecular weight excluding hydrogens is 228 g/mol. The lowest BCUT2D eigenvalue weighted by atomic mass is 9.58. The standard InChI is InChI=1S/C14H22N2O2/c17-11-9-12(18)14(7-4-8-15-16-14)10-13(11)5-2-1-3-6-13/h15-16H,1-10H2. The minimum Gasteiger partial charge on any atom is -0.299 e. The van der Waals surface area contributed by atoms with E-state index in [1.807, 2.05) is 0 Å². The van der Waals surface area contributed by atoms with Gasteiger partial charge in [-0.25, -0.2) is 5.43 Å². The number of ketones is 2. The fourth-order valence-electron chi connectivity index (χ4n) is 4.08. The molecule has 1 saturated heterocycles. The van der Waals surface area contributed by atoms with Crippen LogP contribution in [0.5, 0.6) is 0 Å². The van der Waals surface area contributed by atoms with Crippen LogP contribution < -0.4 is 10.9 Å². The Hall–Kier alpha value is -0.740. The van der Waals surface area contributed by atoms with Crippen LogP contribution in [0.3, 0.4) is 0 Å². The van der Waals surface area contributed by atoms with E-state index < -0.39 is 5.54 Å². The molecule has 4 heteroatoms. The number of carbonyl (C=O) groups is 2. The van der Waals surface area contributed by atoms with E-state index in [-0.39, 0.29) is 23.4 Å². The number of rotatable bonds is 0. The number of hydrazine groups is 1. The summed E-state index contributed by atoms with van der Waals surface area (Å²) in [6.45, 7) is 0.913. The highest BCUT2D eigenvalue weighted by molar-refractivity contribution is 6.08. The van der Waals surface area contributed by atoms with Crippen molar-refractivity contribution < 1.29 is 9.59 Å². The van der Waals surface area contributed by atoms with Gasteiger partial charge in [0.15, 0.2) is 5.78 Å². The van der Waals surface area contributed by atoms with Crippen molar-refractivity contribution in [2.75, 3.05) is 6.54 Å². The maximum Gasteiger partial charge on any atom is 0.161 e. The normalized spacial score (nSPS) is 36.2. The van der Waals surface area contributed by atoms with Crippen LogP contribution >= 0.6 is 0 Å². The van der Waals surface area contributed by atoms with Gasteiger partial charge in [0.1, 0.15) is 5.78 Å². The van der Waals surface area contributed by atoms with Gasteiger partial charge in [-0.15, -0.1) is 0 Å². The summed E-state index contributed by atoms with van der Waals surface area (Å²) in [6, 6.07) is 0. The van der Waals surface area contributed by atoms with Crippen molar-refractivity contribution in [3.05, 3.63) is 0 Å². The van der Waals surface area contributed by atoms with Crippen LogP contribution in [0.15, 0.2) is 0 Å². The number of hydrogen-bond donors (Lipinski definition) is 2. The van der Waals surface area contributed by atoms with Crippen molar-refractivity contribution in [1.29, 1.82) is 0 Å². The molecule has 1 aliphatic heterocycles. The second kappa shape index (κ2) is 4.42. The Kier molecular flexibility index (Phi) is 3.02. The molecule has 3 aliphatic rings. The number of Topliss-reactive ketones (excluding diaryl/α,β-unsaturated/α-hetero) is 2. The van der Waals surface area contributed by atoms with E-state index in [1.165, 1.54) is 6.42 Å². The first-order valence-corrected chi connectivity index (χ1v) is 7.24. The quantitative estimate of drug-likeness (QED) is 0.640. The summed E-state index contributed by atoms with van der Waals surface area (Å²) in [5.74, 6) is 0.320. The minimum absolute atomic E-state index is 0.107. The van der Waals surface area contributed by atoms with E-state index in [0.29, 0.717) is 0 Å². The topological polar surface area (TPSA) is 58.2 Å². The summed E-state index contributed by atoms with van der Waals surface area (Å²) in [5, 5.41) is 0. The van der Waals surface area contributed by atoms with E-state index in [0.717, 1.165) is 51.5 Å². The Balaban J connectivity index is 1.88. The maximum absolute atomic E-state index is 12.3. The van der Waals surface area contributed by atoms with Crippen molar-refractivity contribution >= 4 is 11.6 Å². The predicted molar refractivity (Wildman–Crippen MR) is 67.9 cm³/mol. The van der Waals surface area contributed by atoms with Crippen LogP contribution in [-0.4, -0.2) is 23.7 Å². The van der Waals surface area contributed by atoms with Crippen LogP contribution in [-0.2, 0) is 9.59 Å². The Labute approximate surface area is 108 Å². The van der Waals surface area contributed by atoms with Gasteiger partial charge in [0, 0.05) is 12.0 Å². The fourth-order valence-corrected chi connectivity index (χ4v) is 4.08. The highest BCUT2D eigenvalue weighted by Gasteiger charge is 2.54. The maximum atomic E-state index is 12.3. The average molecular weight is 250 g/mol. The van der Waals surface area contributed by atoms with Crippen LogP contribution in [0.2, 0.25) is 0 Å². The minimum atomic E-state index is -0.455. The van der Waals surface area contributed by atoms with Gasteiger partial charge >= 0.3 is 0 Å². The zero-order valence-electron chi connectivity index (χ0n) is 10.9. The SMILES string of the molecule is O=C1CC(=O)C2(CCCNN2)CC12CCCCC2. The van der Waals surface area contributed by atoms with Gasteiger partial charge in [0.25, 0.3) is 0 Å². The molecule has 2 aliphatic carbocycles. The molecule has 0 aromatic carbocycles. The van der Waals surface area contributed by atoms with Crippen molar-refractivity contribution in [2.24, 2.45) is 5.41 Å². The highest BCUT2D eigenvalue weighted by Crippen LogP contribution is 2.48. The van der Waals surface area contributed by atoms with E-state index in [9.17, 15) is 9.59 Å². The van der Waals surface area contributed by atoms with Crippen LogP contribution in [0.25, 0.3) is 0 Å². The molecule has 2 spiro atoms. The van der Waals surface area contributed by atoms with E-state index >= 15 is 0 Å². The number of hydrogen-bond acceptors (Lipinski definition) is 4. The molecule has 2 N–H and O–H groups in total. The van der Waals surface area contributed by atoms with Crippen LogP contribution in [0.4, 0.5) is 0 Å². The molecule has 3 rings (SSSR count). The van der Waals surface area contributed by atoms with E-state index in [2.05, 4.69) is 10.9 Å². The third-order valence-electron chi connectivity index (χ3n) is 5.13. The Bertz CT molecular complexity index is 332. The average Bonchev–Trinajstić information content (AvgIpc) is 2.39. The molecule has 3 fully saturated rings. The first kappa shape index (κ1) is 12.3. The van der Waals surface area contributed by atoms with Crippen molar-refractivity contribution in [1.82, 2.24) is 10.9 Å². The molecule has 1 heterocycles. The van der Waals surface area contributed by atoms with Gasteiger partial charge in [-0.05, 0) is 32.1 Å². The molecule has 0 radical (unpaired) electrons. The smallest absolute Gasteiger partial charge is 0.161 e. The second-order valence-electron chi connectivity index (χ2n) is 6.28. The molecular formula is C14H22N2O2. The van der Waals surface area contributed by atoms with Gasteiger partial charge in [-0.3, -0.25) is 15.0 Å². The van der Waals surface area contributed by atoms with Gasteiger partial charge < -0.3 is 0 Å².